The third-order valence-electron chi connectivity index (χ3n) is 1.29. The standard InChI is InChI=1S/C7H5Cl2N3/c8-6-2-1-5(3-7(6)9)12(11)4-10/h1-3H,11H2. The second-order valence-corrected chi connectivity index (χ2v) is 2.88. The number of nitriles is 1. The lowest BCUT2D eigenvalue weighted by Gasteiger charge is -2.08. The predicted octanol–water partition coefficient (Wildman–Crippen LogP) is 2.15. The molecule has 0 radical (unpaired) electrons. The molecule has 1 rings (SSSR count). The molecule has 0 heterocycles. The van der Waals surface area contributed by atoms with Gasteiger partial charge in [-0.3, -0.25) is 0 Å². The number of anilines is 1. The highest BCUT2D eigenvalue weighted by Crippen LogP contribution is 2.25. The molecule has 0 spiro atoms. The topological polar surface area (TPSA) is 53.0 Å². The summed E-state index contributed by atoms with van der Waals surface area (Å²) in [7, 11) is 0. The van der Waals surface area contributed by atoms with Crippen molar-refractivity contribution < 1.29 is 0 Å². The Morgan fingerprint density at radius 1 is 1.33 bits per heavy atom. The van der Waals surface area contributed by atoms with Crippen LogP contribution in [0.2, 0.25) is 10.0 Å². The molecule has 0 aromatic heterocycles. The molecular weight excluding hydrogens is 197 g/mol. The van der Waals surface area contributed by atoms with E-state index in [1.165, 1.54) is 6.07 Å². The fourth-order valence-corrected chi connectivity index (χ4v) is 0.985. The summed E-state index contributed by atoms with van der Waals surface area (Å²) in [6.45, 7) is 0. The molecule has 0 atom stereocenters. The molecule has 0 fully saturated rings. The van der Waals surface area contributed by atoms with Gasteiger partial charge in [0.2, 0.25) is 0 Å². The van der Waals surface area contributed by atoms with Crippen molar-refractivity contribution in [3.8, 4) is 6.19 Å². The van der Waals surface area contributed by atoms with Crippen LogP contribution in [0.1, 0.15) is 0 Å². The molecule has 2 N–H and O–H groups in total. The quantitative estimate of drug-likeness (QED) is 0.328. The summed E-state index contributed by atoms with van der Waals surface area (Å²) in [4.78, 5) is 0. The fourth-order valence-electron chi connectivity index (χ4n) is 0.693. The maximum absolute atomic E-state index is 8.42. The summed E-state index contributed by atoms with van der Waals surface area (Å²) in [5.41, 5.74) is 0.506. The summed E-state index contributed by atoms with van der Waals surface area (Å²) in [5.74, 6) is 5.28. The Labute approximate surface area is 79.9 Å². The van der Waals surface area contributed by atoms with Gasteiger partial charge in [-0.15, -0.1) is 0 Å². The highest BCUT2D eigenvalue weighted by Gasteiger charge is 2.02. The first kappa shape index (κ1) is 9.14. The Bertz CT molecular complexity index is 332. The molecule has 0 aliphatic heterocycles. The minimum atomic E-state index is 0.375. The summed E-state index contributed by atoms with van der Waals surface area (Å²) in [6, 6.07) is 4.71. The molecule has 0 bridgehead atoms. The van der Waals surface area contributed by atoms with Crippen LogP contribution in [-0.4, -0.2) is 0 Å². The van der Waals surface area contributed by atoms with E-state index in [0.29, 0.717) is 15.7 Å². The van der Waals surface area contributed by atoms with Gasteiger partial charge in [0.1, 0.15) is 0 Å². The van der Waals surface area contributed by atoms with E-state index < -0.39 is 0 Å². The van der Waals surface area contributed by atoms with Gasteiger partial charge in [-0.2, -0.15) is 5.26 Å². The summed E-state index contributed by atoms with van der Waals surface area (Å²) in [5, 5.41) is 10.1. The third-order valence-corrected chi connectivity index (χ3v) is 2.03. The van der Waals surface area contributed by atoms with Crippen LogP contribution in [0.4, 0.5) is 5.69 Å². The van der Waals surface area contributed by atoms with Gasteiger partial charge in [0.25, 0.3) is 0 Å². The van der Waals surface area contributed by atoms with Gasteiger partial charge in [0.15, 0.2) is 6.19 Å². The summed E-state index contributed by atoms with van der Waals surface area (Å²) >= 11 is 11.3. The molecular formula is C7H5Cl2N3. The highest BCUT2D eigenvalue weighted by molar-refractivity contribution is 6.42. The first-order chi connectivity index (χ1) is 5.65. The zero-order chi connectivity index (χ0) is 9.14. The number of halogens is 2. The van der Waals surface area contributed by atoms with Gasteiger partial charge < -0.3 is 0 Å². The Kier molecular flexibility index (Phi) is 2.77. The van der Waals surface area contributed by atoms with Crippen LogP contribution in [0.5, 0.6) is 0 Å². The van der Waals surface area contributed by atoms with Crippen LogP contribution >= 0.6 is 23.2 Å². The van der Waals surface area contributed by atoms with Crippen molar-refractivity contribution >= 4 is 28.9 Å². The Morgan fingerprint density at radius 2 is 2.00 bits per heavy atom. The number of hydrogen-bond donors (Lipinski definition) is 1. The van der Waals surface area contributed by atoms with E-state index in [4.69, 9.17) is 34.3 Å². The number of benzene rings is 1. The molecule has 0 aliphatic rings. The van der Waals surface area contributed by atoms with Gasteiger partial charge in [-0.1, -0.05) is 23.2 Å². The average Bonchev–Trinajstić information content (AvgIpc) is 2.08. The smallest absolute Gasteiger partial charge is 0.200 e. The maximum atomic E-state index is 8.42. The second kappa shape index (κ2) is 3.63. The second-order valence-electron chi connectivity index (χ2n) is 2.07. The monoisotopic (exact) mass is 201 g/mol. The van der Waals surface area contributed by atoms with E-state index in [9.17, 15) is 0 Å². The molecule has 62 valence electrons. The lowest BCUT2D eigenvalue weighted by atomic mass is 10.3. The minimum Gasteiger partial charge on any atom is -0.234 e. The Balaban J connectivity index is 3.06. The number of hydrogen-bond acceptors (Lipinski definition) is 3. The predicted molar refractivity (Wildman–Crippen MR) is 48.7 cm³/mol. The Morgan fingerprint density at radius 3 is 2.50 bits per heavy atom. The number of rotatable bonds is 1. The number of hydrazine groups is 1. The van der Waals surface area contributed by atoms with Crippen molar-refractivity contribution in [3.05, 3.63) is 28.2 Å². The van der Waals surface area contributed by atoms with Crippen molar-refractivity contribution in [1.82, 2.24) is 0 Å². The van der Waals surface area contributed by atoms with E-state index in [0.717, 1.165) is 5.01 Å². The third kappa shape index (κ3) is 1.80. The van der Waals surface area contributed by atoms with E-state index in [-0.39, 0.29) is 0 Å². The molecule has 3 nitrogen and oxygen atoms in total. The largest absolute Gasteiger partial charge is 0.234 e. The van der Waals surface area contributed by atoms with Crippen molar-refractivity contribution in [2.75, 3.05) is 5.01 Å². The van der Waals surface area contributed by atoms with Crippen LogP contribution < -0.4 is 10.9 Å². The molecule has 0 amide bonds. The van der Waals surface area contributed by atoms with Crippen LogP contribution in [0, 0.1) is 11.5 Å². The van der Waals surface area contributed by atoms with Crippen molar-refractivity contribution in [3.63, 3.8) is 0 Å². The van der Waals surface area contributed by atoms with Crippen molar-refractivity contribution in [1.29, 1.82) is 5.26 Å². The first-order valence-electron chi connectivity index (χ1n) is 3.05. The Hall–Kier alpha value is -0.950. The molecule has 5 heteroatoms. The molecule has 0 aliphatic carbocycles. The van der Waals surface area contributed by atoms with Gasteiger partial charge in [0.05, 0.1) is 15.7 Å². The van der Waals surface area contributed by atoms with Crippen molar-refractivity contribution in [2.45, 2.75) is 0 Å². The van der Waals surface area contributed by atoms with E-state index in [1.807, 2.05) is 0 Å². The van der Waals surface area contributed by atoms with Crippen LogP contribution in [-0.2, 0) is 0 Å². The molecule has 12 heavy (non-hydrogen) atoms. The number of nitrogens with zero attached hydrogens (tertiary/aromatic N) is 2. The van der Waals surface area contributed by atoms with Crippen LogP contribution in [0.15, 0.2) is 18.2 Å². The molecule has 0 saturated carbocycles. The van der Waals surface area contributed by atoms with Gasteiger partial charge in [-0.05, 0) is 18.2 Å². The first-order valence-corrected chi connectivity index (χ1v) is 3.80. The SMILES string of the molecule is N#CN(N)c1ccc(Cl)c(Cl)c1. The normalized spacial score (nSPS) is 9.17. The van der Waals surface area contributed by atoms with Gasteiger partial charge >= 0.3 is 0 Å². The molecule has 0 unspecified atom stereocenters. The average molecular weight is 202 g/mol. The van der Waals surface area contributed by atoms with E-state index >= 15 is 0 Å². The summed E-state index contributed by atoms with van der Waals surface area (Å²) < 4.78 is 0. The minimum absolute atomic E-state index is 0.375. The lowest BCUT2D eigenvalue weighted by molar-refractivity contribution is 1.09. The summed E-state index contributed by atoms with van der Waals surface area (Å²) in [6.07, 6.45) is 1.74. The molecule has 0 saturated heterocycles. The van der Waals surface area contributed by atoms with Crippen molar-refractivity contribution in [2.24, 2.45) is 5.84 Å². The zero-order valence-corrected chi connectivity index (χ0v) is 7.47. The molecule has 1 aromatic carbocycles. The lowest BCUT2D eigenvalue weighted by Crippen LogP contribution is -2.24. The van der Waals surface area contributed by atoms with Gasteiger partial charge in [-0.25, -0.2) is 10.9 Å². The fraction of sp³-hybridized carbons (Fsp3) is 0. The molecule has 1 aromatic rings. The van der Waals surface area contributed by atoms with Gasteiger partial charge in [0, 0.05) is 0 Å². The van der Waals surface area contributed by atoms with E-state index in [2.05, 4.69) is 0 Å². The maximum Gasteiger partial charge on any atom is 0.200 e. The van der Waals surface area contributed by atoms with E-state index in [1.54, 1.807) is 18.3 Å². The highest BCUT2D eigenvalue weighted by atomic mass is 35.5. The van der Waals surface area contributed by atoms with Crippen LogP contribution in [0.3, 0.4) is 0 Å². The zero-order valence-electron chi connectivity index (χ0n) is 5.96. The van der Waals surface area contributed by atoms with Crippen LogP contribution in [0.25, 0.3) is 0 Å². The number of nitrogens with two attached hydrogens (primary N) is 1.